The van der Waals surface area contributed by atoms with Crippen LogP contribution in [-0.2, 0) is 4.57 Å². The Kier molecular flexibility index (Phi) is 4.76. The second kappa shape index (κ2) is 5.06. The average Bonchev–Trinajstić information content (AvgIpc) is 1.95. The second-order valence-corrected chi connectivity index (χ2v) is 3.98. The van der Waals surface area contributed by atoms with E-state index in [1.165, 1.54) is 0 Å². The maximum absolute atomic E-state index is 10.8. The van der Waals surface area contributed by atoms with Crippen molar-refractivity contribution in [3.63, 3.8) is 0 Å². The van der Waals surface area contributed by atoms with Gasteiger partial charge in [-0.2, -0.15) is 4.78 Å². The molecule has 0 unspecified atom stereocenters. The van der Waals surface area contributed by atoms with Gasteiger partial charge in [-0.15, -0.1) is 5.10 Å². The molecular weight excluding hydrogens is 195 g/mol. The van der Waals surface area contributed by atoms with Crippen LogP contribution in [0.3, 0.4) is 0 Å². The Morgan fingerprint density at radius 1 is 1.54 bits per heavy atom. The first-order valence-electron chi connectivity index (χ1n) is 3.81. The highest BCUT2D eigenvalue weighted by Crippen LogP contribution is 2.40. The summed E-state index contributed by atoms with van der Waals surface area (Å²) in [5.74, 6) is -0.362. The number of hydrogen-bond acceptors (Lipinski definition) is 2. The summed E-state index contributed by atoms with van der Waals surface area (Å²) in [5.41, 5.74) is 10.0. The lowest BCUT2D eigenvalue weighted by Gasteiger charge is -2.19. The molecule has 0 heterocycles. The van der Waals surface area contributed by atoms with Crippen LogP contribution in [0.1, 0.15) is 19.8 Å². The molecule has 0 radical (unpaired) electrons. The van der Waals surface area contributed by atoms with Gasteiger partial charge in [0.1, 0.15) is 0 Å². The summed E-state index contributed by atoms with van der Waals surface area (Å²) in [5, 5.41) is 3.33. The third kappa shape index (κ3) is 5.46. The van der Waals surface area contributed by atoms with Gasteiger partial charge in [-0.05, 0) is 6.42 Å². The monoisotopic (exact) mass is 210 g/mol. The fourth-order valence-electron chi connectivity index (χ4n) is 0.671. The topological polar surface area (TPSA) is 125 Å². The zero-order valence-electron chi connectivity index (χ0n) is 7.42. The number of rotatable bonds is 5. The number of unbranched alkanes of at least 4 members (excludes halogenated alkanes) is 1. The van der Waals surface area contributed by atoms with Crippen molar-refractivity contribution in [1.29, 1.82) is 0 Å². The minimum atomic E-state index is -4.37. The van der Waals surface area contributed by atoms with Gasteiger partial charge in [-0.3, -0.25) is 0 Å². The molecule has 0 aliphatic heterocycles. The second-order valence-electron chi connectivity index (χ2n) is 2.49. The minimum Gasteiger partial charge on any atom is -0.369 e. The maximum Gasteiger partial charge on any atom is 0.445 e. The van der Waals surface area contributed by atoms with Crippen molar-refractivity contribution in [2.45, 2.75) is 19.8 Å². The minimum absolute atomic E-state index is 0.138. The SMILES string of the molecule is CCCCN(N=C(N)N)P(=O)(O)O. The molecule has 0 aliphatic rings. The summed E-state index contributed by atoms with van der Waals surface area (Å²) < 4.78 is 11.4. The predicted molar refractivity (Wildman–Crippen MR) is 49.5 cm³/mol. The highest BCUT2D eigenvalue weighted by molar-refractivity contribution is 7.49. The lowest BCUT2D eigenvalue weighted by molar-refractivity contribution is 0.272. The third-order valence-corrected chi connectivity index (χ3v) is 2.13. The molecule has 0 rings (SSSR count). The van der Waals surface area contributed by atoms with E-state index in [4.69, 9.17) is 21.3 Å². The first-order chi connectivity index (χ1) is 5.88. The van der Waals surface area contributed by atoms with Crippen LogP contribution in [0.2, 0.25) is 0 Å². The number of nitrogens with two attached hydrogens (primary N) is 2. The van der Waals surface area contributed by atoms with Crippen LogP contribution >= 0.6 is 7.75 Å². The molecule has 0 spiro atoms. The van der Waals surface area contributed by atoms with E-state index in [1.807, 2.05) is 6.92 Å². The van der Waals surface area contributed by atoms with Gasteiger partial charge in [-0.25, -0.2) is 4.57 Å². The number of hydrogen-bond donors (Lipinski definition) is 4. The van der Waals surface area contributed by atoms with Crippen LogP contribution in [0.25, 0.3) is 0 Å². The van der Waals surface area contributed by atoms with Crippen molar-refractivity contribution in [2.24, 2.45) is 16.6 Å². The molecule has 0 aromatic rings. The van der Waals surface area contributed by atoms with E-state index < -0.39 is 7.75 Å². The van der Waals surface area contributed by atoms with Gasteiger partial charge in [0.2, 0.25) is 5.96 Å². The van der Waals surface area contributed by atoms with Gasteiger partial charge >= 0.3 is 7.75 Å². The smallest absolute Gasteiger partial charge is 0.369 e. The molecule has 78 valence electrons. The fourth-order valence-corrected chi connectivity index (χ4v) is 1.29. The Hall–Kier alpha value is -0.780. The average molecular weight is 210 g/mol. The Morgan fingerprint density at radius 2 is 2.08 bits per heavy atom. The normalized spacial score (nSPS) is 11.0. The van der Waals surface area contributed by atoms with Crippen molar-refractivity contribution < 1.29 is 14.4 Å². The summed E-state index contributed by atoms with van der Waals surface area (Å²) in [6.07, 6.45) is 1.42. The zero-order chi connectivity index (χ0) is 10.5. The molecule has 0 amide bonds. The summed E-state index contributed by atoms with van der Waals surface area (Å²) >= 11 is 0. The van der Waals surface area contributed by atoms with E-state index in [1.54, 1.807) is 0 Å². The van der Waals surface area contributed by atoms with Gasteiger partial charge in [0.15, 0.2) is 0 Å². The Bertz CT molecular complexity index is 222. The van der Waals surface area contributed by atoms with Gasteiger partial charge in [-0.1, -0.05) is 13.3 Å². The van der Waals surface area contributed by atoms with Gasteiger partial charge in [0, 0.05) is 6.54 Å². The largest absolute Gasteiger partial charge is 0.445 e. The van der Waals surface area contributed by atoms with Crippen LogP contribution < -0.4 is 11.5 Å². The molecule has 0 aromatic carbocycles. The molecule has 7 nitrogen and oxygen atoms in total. The van der Waals surface area contributed by atoms with Crippen molar-refractivity contribution in [3.8, 4) is 0 Å². The van der Waals surface area contributed by atoms with Gasteiger partial charge in [0.25, 0.3) is 0 Å². The maximum atomic E-state index is 10.8. The molecule has 0 saturated heterocycles. The summed E-state index contributed by atoms with van der Waals surface area (Å²) in [4.78, 5) is 17.5. The third-order valence-electron chi connectivity index (χ3n) is 1.24. The quantitative estimate of drug-likeness (QED) is 0.207. The van der Waals surface area contributed by atoms with Crippen LogP contribution in [0.4, 0.5) is 0 Å². The lowest BCUT2D eigenvalue weighted by atomic mass is 10.3. The van der Waals surface area contributed by atoms with Crippen molar-refractivity contribution in [2.75, 3.05) is 6.54 Å². The molecule has 0 bridgehead atoms. The summed E-state index contributed by atoms with van der Waals surface area (Å²) in [6.45, 7) is 2.03. The number of guanidine groups is 1. The lowest BCUT2D eigenvalue weighted by Crippen LogP contribution is -2.28. The highest BCUT2D eigenvalue weighted by Gasteiger charge is 2.23. The standard InChI is InChI=1S/C5H15N4O3P/c1-2-3-4-9(8-5(6)7)13(10,11)12/h2-4H2,1H3,(H4,6,7,8)(H2,10,11,12). The van der Waals surface area contributed by atoms with E-state index in [2.05, 4.69) is 5.10 Å². The number of nitrogens with zero attached hydrogens (tertiary/aromatic N) is 2. The molecule has 13 heavy (non-hydrogen) atoms. The van der Waals surface area contributed by atoms with Gasteiger partial charge in [0.05, 0.1) is 0 Å². The van der Waals surface area contributed by atoms with E-state index >= 15 is 0 Å². The van der Waals surface area contributed by atoms with Crippen LogP contribution in [0, 0.1) is 0 Å². The molecule has 0 aromatic heterocycles. The van der Waals surface area contributed by atoms with E-state index in [0.717, 1.165) is 6.42 Å². The first kappa shape index (κ1) is 12.2. The molecule has 6 N–H and O–H groups in total. The Morgan fingerprint density at radius 3 is 2.38 bits per heavy atom. The van der Waals surface area contributed by atoms with Crippen LogP contribution in [-0.4, -0.2) is 27.1 Å². The van der Waals surface area contributed by atoms with Crippen molar-refractivity contribution in [1.82, 2.24) is 4.78 Å². The molecule has 0 saturated carbocycles. The van der Waals surface area contributed by atoms with Gasteiger partial charge < -0.3 is 21.3 Å². The van der Waals surface area contributed by atoms with Crippen molar-refractivity contribution in [3.05, 3.63) is 0 Å². The van der Waals surface area contributed by atoms with Crippen molar-refractivity contribution >= 4 is 13.7 Å². The van der Waals surface area contributed by atoms with Crippen LogP contribution in [0.5, 0.6) is 0 Å². The van der Waals surface area contributed by atoms with E-state index in [9.17, 15) is 4.57 Å². The molecule has 0 aliphatic carbocycles. The van der Waals surface area contributed by atoms with Crippen LogP contribution in [0.15, 0.2) is 5.10 Å². The summed E-state index contributed by atoms with van der Waals surface area (Å²) in [7, 11) is -4.37. The Labute approximate surface area is 76.6 Å². The molecule has 0 fully saturated rings. The molecule has 0 atom stereocenters. The molecule has 8 heteroatoms. The zero-order valence-corrected chi connectivity index (χ0v) is 8.31. The van der Waals surface area contributed by atoms with E-state index in [0.29, 0.717) is 11.2 Å². The first-order valence-corrected chi connectivity index (χ1v) is 5.37. The summed E-state index contributed by atoms with van der Waals surface area (Å²) in [6, 6.07) is 0. The predicted octanol–water partition coefficient (Wildman–Crippen LogP) is -0.630. The Balaban J connectivity index is 4.39. The number of hydrazone groups is 1. The highest BCUT2D eigenvalue weighted by atomic mass is 31.2. The van der Waals surface area contributed by atoms with E-state index in [-0.39, 0.29) is 12.5 Å². The fraction of sp³-hybridized carbons (Fsp3) is 0.800. The molecular formula is C5H15N4O3P.